The molecule has 0 aliphatic carbocycles. The summed E-state index contributed by atoms with van der Waals surface area (Å²) < 4.78 is 5.90. The summed E-state index contributed by atoms with van der Waals surface area (Å²) in [5.41, 5.74) is 1.24. The number of aliphatic hydroxyl groups excluding tert-OH is 1. The van der Waals surface area contributed by atoms with Crippen LogP contribution in [-0.4, -0.2) is 42.4 Å². The molecule has 1 aromatic rings. The van der Waals surface area contributed by atoms with Gasteiger partial charge in [-0.2, -0.15) is 0 Å². The molecule has 1 fully saturated rings. The van der Waals surface area contributed by atoms with Crippen LogP contribution in [-0.2, 0) is 11.3 Å². The van der Waals surface area contributed by atoms with Crippen molar-refractivity contribution in [2.24, 2.45) is 0 Å². The molecule has 0 amide bonds. The van der Waals surface area contributed by atoms with E-state index in [1.807, 2.05) is 18.2 Å². The molecule has 1 aliphatic heterocycles. The van der Waals surface area contributed by atoms with Crippen molar-refractivity contribution >= 4 is 0 Å². The van der Waals surface area contributed by atoms with Gasteiger partial charge in [-0.15, -0.1) is 0 Å². The van der Waals surface area contributed by atoms with Gasteiger partial charge in [0.05, 0.1) is 12.7 Å². The predicted molar refractivity (Wildman–Crippen MR) is 67.8 cm³/mol. The van der Waals surface area contributed by atoms with Crippen LogP contribution < -0.4 is 0 Å². The molecular weight excluding hydrogens is 214 g/mol. The zero-order valence-corrected chi connectivity index (χ0v) is 10.2. The molecule has 1 atom stereocenters. The molecule has 1 N–H and O–H groups in total. The van der Waals surface area contributed by atoms with Crippen molar-refractivity contribution in [2.45, 2.75) is 25.6 Å². The fourth-order valence-electron chi connectivity index (χ4n) is 2.22. The number of nitrogens with zero attached hydrogens (tertiary/aromatic N) is 1. The van der Waals surface area contributed by atoms with E-state index in [1.54, 1.807) is 0 Å². The second kappa shape index (κ2) is 6.74. The summed E-state index contributed by atoms with van der Waals surface area (Å²) in [4.78, 5) is 2.37. The van der Waals surface area contributed by atoms with E-state index in [1.165, 1.54) is 5.56 Å². The maximum absolute atomic E-state index is 8.79. The lowest BCUT2D eigenvalue weighted by Crippen LogP contribution is -2.24. The Balaban J connectivity index is 1.68. The van der Waals surface area contributed by atoms with Crippen molar-refractivity contribution in [3.63, 3.8) is 0 Å². The molecule has 0 saturated carbocycles. The summed E-state index contributed by atoms with van der Waals surface area (Å²) in [6, 6.07) is 10.3. The summed E-state index contributed by atoms with van der Waals surface area (Å²) in [5.74, 6) is 0. The Hall–Kier alpha value is -0.900. The first-order valence-electron chi connectivity index (χ1n) is 6.37. The van der Waals surface area contributed by atoms with Gasteiger partial charge in [-0.3, -0.25) is 0 Å². The second-order valence-electron chi connectivity index (χ2n) is 4.59. The topological polar surface area (TPSA) is 32.7 Å². The molecule has 1 unspecified atom stereocenters. The summed E-state index contributed by atoms with van der Waals surface area (Å²) in [6.45, 7) is 4.08. The lowest BCUT2D eigenvalue weighted by Gasteiger charge is -2.15. The Morgan fingerprint density at radius 1 is 1.29 bits per heavy atom. The third kappa shape index (κ3) is 4.11. The number of benzene rings is 1. The Bertz CT molecular complexity index is 315. The monoisotopic (exact) mass is 235 g/mol. The number of rotatable bonds is 6. The Morgan fingerprint density at radius 2 is 2.12 bits per heavy atom. The van der Waals surface area contributed by atoms with E-state index >= 15 is 0 Å². The van der Waals surface area contributed by atoms with Crippen molar-refractivity contribution in [3.8, 4) is 0 Å². The van der Waals surface area contributed by atoms with Gasteiger partial charge in [-0.1, -0.05) is 30.3 Å². The molecule has 0 bridgehead atoms. The summed E-state index contributed by atoms with van der Waals surface area (Å²) in [6.07, 6.45) is 2.33. The quantitative estimate of drug-likeness (QED) is 0.814. The third-order valence-corrected chi connectivity index (χ3v) is 3.19. The van der Waals surface area contributed by atoms with Gasteiger partial charge in [0.1, 0.15) is 0 Å². The highest BCUT2D eigenvalue weighted by atomic mass is 16.5. The minimum atomic E-state index is 0.284. The van der Waals surface area contributed by atoms with Crippen molar-refractivity contribution in [2.75, 3.05) is 26.2 Å². The van der Waals surface area contributed by atoms with Crippen LogP contribution in [0.5, 0.6) is 0 Å². The number of aliphatic hydroxyl groups is 1. The SMILES string of the molecule is OCCCN1CCC(OCc2ccccc2)C1. The normalized spacial score (nSPS) is 20.9. The van der Waals surface area contributed by atoms with E-state index in [2.05, 4.69) is 17.0 Å². The first-order chi connectivity index (χ1) is 8.38. The minimum Gasteiger partial charge on any atom is -0.396 e. The van der Waals surface area contributed by atoms with Crippen molar-refractivity contribution in [1.29, 1.82) is 0 Å². The average Bonchev–Trinajstić information content (AvgIpc) is 2.83. The van der Waals surface area contributed by atoms with Gasteiger partial charge in [0.2, 0.25) is 0 Å². The predicted octanol–water partition coefficient (Wildman–Crippen LogP) is 1.66. The van der Waals surface area contributed by atoms with Gasteiger partial charge in [-0.05, 0) is 18.4 Å². The molecule has 1 saturated heterocycles. The smallest absolute Gasteiger partial charge is 0.0721 e. The Morgan fingerprint density at radius 3 is 2.88 bits per heavy atom. The molecule has 3 nitrogen and oxygen atoms in total. The molecule has 17 heavy (non-hydrogen) atoms. The standard InChI is InChI=1S/C14H21NO2/c16-10-4-8-15-9-7-14(11-15)17-12-13-5-2-1-3-6-13/h1-3,5-6,14,16H,4,7-12H2. The summed E-state index contributed by atoms with van der Waals surface area (Å²) in [5, 5.41) is 8.79. The van der Waals surface area contributed by atoms with E-state index in [0.29, 0.717) is 12.7 Å². The fraction of sp³-hybridized carbons (Fsp3) is 0.571. The van der Waals surface area contributed by atoms with Crippen LogP contribution in [0.3, 0.4) is 0 Å². The summed E-state index contributed by atoms with van der Waals surface area (Å²) in [7, 11) is 0. The van der Waals surface area contributed by atoms with E-state index in [9.17, 15) is 0 Å². The number of hydrogen-bond acceptors (Lipinski definition) is 3. The maximum Gasteiger partial charge on any atom is 0.0721 e. The average molecular weight is 235 g/mol. The zero-order chi connectivity index (χ0) is 11.9. The largest absolute Gasteiger partial charge is 0.396 e. The highest BCUT2D eigenvalue weighted by Gasteiger charge is 2.22. The molecule has 0 aromatic heterocycles. The van der Waals surface area contributed by atoms with Crippen LogP contribution >= 0.6 is 0 Å². The lowest BCUT2D eigenvalue weighted by atomic mass is 10.2. The molecule has 1 heterocycles. The summed E-state index contributed by atoms with van der Waals surface area (Å²) >= 11 is 0. The van der Waals surface area contributed by atoms with Crippen LogP contribution in [0.15, 0.2) is 30.3 Å². The molecule has 3 heteroatoms. The Kier molecular flexibility index (Phi) is 4.98. The van der Waals surface area contributed by atoms with Crippen molar-refractivity contribution < 1.29 is 9.84 Å². The minimum absolute atomic E-state index is 0.284. The van der Waals surface area contributed by atoms with Crippen LogP contribution in [0, 0.1) is 0 Å². The van der Waals surface area contributed by atoms with E-state index in [0.717, 1.165) is 32.5 Å². The number of ether oxygens (including phenoxy) is 1. The van der Waals surface area contributed by atoms with Crippen LogP contribution in [0.25, 0.3) is 0 Å². The second-order valence-corrected chi connectivity index (χ2v) is 4.59. The van der Waals surface area contributed by atoms with Crippen molar-refractivity contribution in [3.05, 3.63) is 35.9 Å². The van der Waals surface area contributed by atoms with Crippen LogP contribution in [0.1, 0.15) is 18.4 Å². The molecule has 0 radical (unpaired) electrons. The Labute approximate surface area is 103 Å². The van der Waals surface area contributed by atoms with Gasteiger partial charge in [0, 0.05) is 26.2 Å². The number of hydrogen-bond donors (Lipinski definition) is 1. The molecule has 2 rings (SSSR count). The highest BCUT2D eigenvalue weighted by molar-refractivity contribution is 5.13. The van der Waals surface area contributed by atoms with Gasteiger partial charge < -0.3 is 14.7 Å². The molecular formula is C14H21NO2. The molecule has 1 aromatic carbocycles. The van der Waals surface area contributed by atoms with Gasteiger partial charge in [0.15, 0.2) is 0 Å². The first-order valence-corrected chi connectivity index (χ1v) is 6.37. The maximum atomic E-state index is 8.79. The molecule has 94 valence electrons. The van der Waals surface area contributed by atoms with Gasteiger partial charge >= 0.3 is 0 Å². The third-order valence-electron chi connectivity index (χ3n) is 3.19. The van der Waals surface area contributed by atoms with Crippen LogP contribution in [0.4, 0.5) is 0 Å². The lowest BCUT2D eigenvalue weighted by molar-refractivity contribution is 0.0463. The number of likely N-dealkylation sites (tertiary alicyclic amines) is 1. The van der Waals surface area contributed by atoms with E-state index < -0.39 is 0 Å². The first kappa shape index (κ1) is 12.6. The zero-order valence-electron chi connectivity index (χ0n) is 10.2. The van der Waals surface area contributed by atoms with Crippen LogP contribution in [0.2, 0.25) is 0 Å². The van der Waals surface area contributed by atoms with E-state index in [-0.39, 0.29) is 6.61 Å². The molecule has 1 aliphatic rings. The van der Waals surface area contributed by atoms with Gasteiger partial charge in [0.25, 0.3) is 0 Å². The molecule has 0 spiro atoms. The fourth-order valence-corrected chi connectivity index (χ4v) is 2.22. The van der Waals surface area contributed by atoms with Crippen molar-refractivity contribution in [1.82, 2.24) is 4.90 Å². The van der Waals surface area contributed by atoms with E-state index in [4.69, 9.17) is 9.84 Å². The highest BCUT2D eigenvalue weighted by Crippen LogP contribution is 2.14. The van der Waals surface area contributed by atoms with Gasteiger partial charge in [-0.25, -0.2) is 0 Å².